The van der Waals surface area contributed by atoms with Crippen molar-refractivity contribution < 1.29 is 0 Å². The lowest BCUT2D eigenvalue weighted by Crippen LogP contribution is -2.00. The number of fused-ring (bicyclic) bond motifs is 8. The van der Waals surface area contributed by atoms with E-state index in [1.54, 1.807) is 0 Å². The molecule has 0 amide bonds. The minimum absolute atomic E-state index is 0.934. The largest absolute Gasteiger partial charge is 0.310 e. The lowest BCUT2D eigenvalue weighted by molar-refractivity contribution is 0.968. The van der Waals surface area contributed by atoms with Gasteiger partial charge in [0.15, 0.2) is 0 Å². The first-order valence-electron chi connectivity index (χ1n) is 12.1. The Morgan fingerprint density at radius 2 is 1.43 bits per heavy atom. The van der Waals surface area contributed by atoms with E-state index in [1.807, 2.05) is 0 Å². The predicted octanol–water partition coefficient (Wildman–Crippen LogP) is 7.33. The van der Waals surface area contributed by atoms with Crippen LogP contribution in [0.15, 0.2) is 103 Å². The zero-order chi connectivity index (χ0) is 22.9. The van der Waals surface area contributed by atoms with Gasteiger partial charge in [0.1, 0.15) is 0 Å². The first-order chi connectivity index (χ1) is 17.4. The van der Waals surface area contributed by atoms with Gasteiger partial charge in [-0.05, 0) is 73.0 Å². The van der Waals surface area contributed by atoms with Gasteiger partial charge in [-0.2, -0.15) is 0 Å². The molecule has 0 N–H and O–H groups in total. The molecule has 1 aliphatic carbocycles. The maximum atomic E-state index is 5.05. The van der Waals surface area contributed by atoms with Crippen LogP contribution in [-0.2, 0) is 6.42 Å². The van der Waals surface area contributed by atoms with Crippen LogP contribution in [0.25, 0.3) is 56.2 Å². The summed E-state index contributed by atoms with van der Waals surface area (Å²) in [4.78, 5) is 5.05. The Hall–Kier alpha value is -4.57. The Bertz CT molecular complexity index is 1950. The predicted molar refractivity (Wildman–Crippen MR) is 144 cm³/mol. The molecule has 0 saturated heterocycles. The maximum Gasteiger partial charge on any atom is 0.220 e. The third kappa shape index (κ3) is 2.54. The van der Waals surface area contributed by atoms with Gasteiger partial charge in [0, 0.05) is 22.5 Å². The third-order valence-electron chi connectivity index (χ3n) is 7.31. The summed E-state index contributed by atoms with van der Waals surface area (Å²) in [7, 11) is 0. The number of aryl methyl sites for hydroxylation is 1. The van der Waals surface area contributed by atoms with E-state index >= 15 is 0 Å². The van der Waals surface area contributed by atoms with Crippen LogP contribution in [0.5, 0.6) is 0 Å². The quantitative estimate of drug-likeness (QED) is 0.271. The lowest BCUT2D eigenvalue weighted by atomic mass is 10.0. The molecule has 4 aromatic carbocycles. The smallest absolute Gasteiger partial charge is 0.220 e. The second kappa shape index (κ2) is 6.97. The van der Waals surface area contributed by atoms with Crippen molar-refractivity contribution in [3.05, 3.63) is 114 Å². The first-order valence-corrected chi connectivity index (χ1v) is 12.1. The fourth-order valence-electron chi connectivity index (χ4n) is 5.82. The van der Waals surface area contributed by atoms with E-state index < -0.39 is 0 Å². The molecular formula is C31H22N4. The summed E-state index contributed by atoms with van der Waals surface area (Å²) in [5.74, 6) is 0.934. The van der Waals surface area contributed by atoms with Crippen LogP contribution in [0.4, 0.5) is 0 Å². The summed E-state index contributed by atoms with van der Waals surface area (Å²) in [6, 6.07) is 34.5. The number of imidazole rings is 2. The molecular weight excluding hydrogens is 428 g/mol. The second-order valence-corrected chi connectivity index (χ2v) is 9.24. The number of nitrogens with zero attached hydrogens (tertiary/aromatic N) is 4. The van der Waals surface area contributed by atoms with Gasteiger partial charge >= 0.3 is 0 Å². The van der Waals surface area contributed by atoms with Crippen LogP contribution in [-0.4, -0.2) is 18.5 Å². The fraction of sp³-hybridized carbons (Fsp3) is 0.0645. The summed E-state index contributed by atoms with van der Waals surface area (Å²) in [6.07, 6.45) is 6.77. The summed E-state index contributed by atoms with van der Waals surface area (Å²) in [5, 5.41) is 1.35. The molecule has 0 aliphatic heterocycles. The number of hydrogen-bond acceptors (Lipinski definition) is 1. The normalized spacial score (nSPS) is 13.4. The van der Waals surface area contributed by atoms with Crippen molar-refractivity contribution in [1.29, 1.82) is 0 Å². The highest BCUT2D eigenvalue weighted by Crippen LogP contribution is 2.36. The third-order valence-corrected chi connectivity index (χ3v) is 7.31. The molecule has 4 heteroatoms. The van der Waals surface area contributed by atoms with Crippen LogP contribution in [0, 0.1) is 0 Å². The average molecular weight is 451 g/mol. The van der Waals surface area contributed by atoms with Gasteiger partial charge in [-0.15, -0.1) is 0 Å². The van der Waals surface area contributed by atoms with E-state index in [0.717, 1.165) is 46.4 Å². The van der Waals surface area contributed by atoms with E-state index in [1.165, 1.54) is 27.8 Å². The van der Waals surface area contributed by atoms with Crippen molar-refractivity contribution in [1.82, 2.24) is 18.5 Å². The van der Waals surface area contributed by atoms with Gasteiger partial charge in [-0.1, -0.05) is 54.6 Å². The minimum atomic E-state index is 0.934. The zero-order valence-electron chi connectivity index (χ0n) is 19.1. The van der Waals surface area contributed by atoms with Crippen molar-refractivity contribution in [3.8, 4) is 11.4 Å². The van der Waals surface area contributed by atoms with Gasteiger partial charge in [-0.25, -0.2) is 4.98 Å². The van der Waals surface area contributed by atoms with Gasteiger partial charge in [-0.3, -0.25) is 8.97 Å². The van der Waals surface area contributed by atoms with Crippen LogP contribution < -0.4 is 0 Å². The number of benzene rings is 4. The molecule has 1 aliphatic rings. The Kier molecular flexibility index (Phi) is 3.74. The Balaban J connectivity index is 1.50. The molecule has 0 bridgehead atoms. The standard InChI is InChI=1S/C31H22N4/c1-2-10-21(11-3-1)34-29-19-18-22(20-30(29)35-28-17-9-6-14-25(28)32-31(34)35)33-26-15-7-4-12-23(26)24-13-5-8-16-27(24)33/h1-4,6-12,14-20H,5,13H2. The van der Waals surface area contributed by atoms with Crippen LogP contribution >= 0.6 is 0 Å². The highest BCUT2D eigenvalue weighted by Gasteiger charge is 2.21. The van der Waals surface area contributed by atoms with Crippen molar-refractivity contribution in [2.45, 2.75) is 12.8 Å². The van der Waals surface area contributed by atoms with E-state index in [0.29, 0.717) is 0 Å². The Labute approximate surface area is 202 Å². The van der Waals surface area contributed by atoms with Crippen molar-refractivity contribution in [2.24, 2.45) is 0 Å². The Morgan fingerprint density at radius 3 is 2.34 bits per heavy atom. The second-order valence-electron chi connectivity index (χ2n) is 9.24. The highest BCUT2D eigenvalue weighted by atomic mass is 15.2. The molecule has 35 heavy (non-hydrogen) atoms. The van der Waals surface area contributed by atoms with Gasteiger partial charge in [0.05, 0.1) is 27.6 Å². The average Bonchev–Trinajstić information content (AvgIpc) is 3.55. The summed E-state index contributed by atoms with van der Waals surface area (Å²) < 4.78 is 6.99. The summed E-state index contributed by atoms with van der Waals surface area (Å²) >= 11 is 0. The molecule has 7 aromatic rings. The lowest BCUT2D eigenvalue weighted by Gasteiger charge is -2.12. The number of allylic oxidation sites excluding steroid dienone is 1. The minimum Gasteiger partial charge on any atom is -0.310 e. The molecule has 4 nitrogen and oxygen atoms in total. The van der Waals surface area contributed by atoms with E-state index in [4.69, 9.17) is 4.98 Å². The molecule has 0 radical (unpaired) electrons. The molecule has 0 fully saturated rings. The Morgan fingerprint density at radius 1 is 0.629 bits per heavy atom. The van der Waals surface area contributed by atoms with E-state index in [-0.39, 0.29) is 0 Å². The van der Waals surface area contributed by atoms with Gasteiger partial charge < -0.3 is 4.57 Å². The zero-order valence-corrected chi connectivity index (χ0v) is 19.1. The topological polar surface area (TPSA) is 27.2 Å². The molecule has 166 valence electrons. The van der Waals surface area contributed by atoms with Crippen molar-refractivity contribution >= 4 is 44.8 Å². The maximum absolute atomic E-state index is 5.05. The van der Waals surface area contributed by atoms with E-state index in [9.17, 15) is 0 Å². The van der Waals surface area contributed by atoms with Crippen LogP contribution in [0.3, 0.4) is 0 Å². The molecule has 0 unspecified atom stereocenters. The molecule has 3 heterocycles. The van der Waals surface area contributed by atoms with Crippen LogP contribution in [0.2, 0.25) is 0 Å². The van der Waals surface area contributed by atoms with Gasteiger partial charge in [0.25, 0.3) is 0 Å². The number of hydrogen-bond donors (Lipinski definition) is 0. The fourth-order valence-corrected chi connectivity index (χ4v) is 5.82. The summed E-state index contributed by atoms with van der Waals surface area (Å²) in [5.41, 5.74) is 10.7. The highest BCUT2D eigenvalue weighted by molar-refractivity contribution is 5.95. The van der Waals surface area contributed by atoms with Gasteiger partial charge in [0.2, 0.25) is 5.78 Å². The van der Waals surface area contributed by atoms with Crippen LogP contribution in [0.1, 0.15) is 17.7 Å². The monoisotopic (exact) mass is 450 g/mol. The molecule has 0 atom stereocenters. The van der Waals surface area contributed by atoms with Crippen molar-refractivity contribution in [3.63, 3.8) is 0 Å². The first kappa shape index (κ1) is 18.8. The number of para-hydroxylation sites is 4. The SMILES string of the molecule is C1=Cc2c(c3ccccc3n2-c2ccc3c(c2)n2c4ccccc4nc2n3-c2ccccc2)CC1. The molecule has 3 aromatic heterocycles. The molecule has 8 rings (SSSR count). The van der Waals surface area contributed by atoms with Crippen molar-refractivity contribution in [2.75, 3.05) is 0 Å². The number of aromatic nitrogens is 4. The molecule has 0 spiro atoms. The van der Waals surface area contributed by atoms with E-state index in [2.05, 4.69) is 123 Å². The number of rotatable bonds is 2. The molecule has 0 saturated carbocycles. The summed E-state index contributed by atoms with van der Waals surface area (Å²) in [6.45, 7) is 0.